The topological polar surface area (TPSA) is 3.24 Å². The highest BCUT2D eigenvalue weighted by Gasteiger charge is 2.17. The van der Waals surface area contributed by atoms with Crippen molar-refractivity contribution in [2.75, 3.05) is 4.90 Å². The van der Waals surface area contributed by atoms with E-state index in [4.69, 9.17) is 2.74 Å². The molecule has 0 spiro atoms. The van der Waals surface area contributed by atoms with E-state index >= 15 is 0 Å². The van der Waals surface area contributed by atoms with Crippen molar-refractivity contribution in [3.05, 3.63) is 236 Å². The molecule has 0 atom stereocenters. The van der Waals surface area contributed by atoms with Crippen molar-refractivity contribution in [2.45, 2.75) is 0 Å². The normalized spacial score (nSPS) is 13.1. The zero-order valence-electron chi connectivity index (χ0n) is 38.8. The Bertz CT molecular complexity index is 3430. The molecule has 1 nitrogen and oxygen atoms in total. The Morgan fingerprint density at radius 2 is 0.912 bits per heavy atom. The largest absolute Gasteiger partial charge is 0.310 e. The lowest BCUT2D eigenvalue weighted by molar-refractivity contribution is 1.28. The van der Waals surface area contributed by atoms with Gasteiger partial charge in [0.2, 0.25) is 0 Å². The molecule has 10 rings (SSSR count). The van der Waals surface area contributed by atoms with Gasteiger partial charge in [0.05, 0.1) is 11.0 Å². The van der Waals surface area contributed by atoms with Crippen molar-refractivity contribution >= 4 is 38.6 Å². The van der Waals surface area contributed by atoms with Gasteiger partial charge < -0.3 is 4.90 Å². The van der Waals surface area contributed by atoms with Gasteiger partial charge in [-0.2, -0.15) is 0 Å². The zero-order valence-corrected chi connectivity index (χ0v) is 30.8. The van der Waals surface area contributed by atoms with Gasteiger partial charge in [-0.25, -0.2) is 0 Å². The summed E-state index contributed by atoms with van der Waals surface area (Å²) in [7, 11) is 0. The molecular formula is C56H39N. The van der Waals surface area contributed by atoms with Gasteiger partial charge in [-0.15, -0.1) is 0 Å². The lowest BCUT2D eigenvalue weighted by Crippen LogP contribution is -2.10. The number of hydrogen-bond acceptors (Lipinski definition) is 1. The van der Waals surface area contributed by atoms with Crippen molar-refractivity contribution in [3.8, 4) is 55.6 Å². The highest BCUT2D eigenvalue weighted by atomic mass is 15.1. The Labute approximate surface area is 345 Å². The van der Waals surface area contributed by atoms with E-state index in [1.165, 1.54) is 4.90 Å². The van der Waals surface area contributed by atoms with Gasteiger partial charge in [0.1, 0.15) is 0 Å². The van der Waals surface area contributed by atoms with Gasteiger partial charge in [0.15, 0.2) is 0 Å². The van der Waals surface area contributed by atoms with Crippen molar-refractivity contribution in [1.82, 2.24) is 0 Å². The molecule has 268 valence electrons. The van der Waals surface area contributed by atoms with Gasteiger partial charge in [-0.05, 0) is 126 Å². The monoisotopic (exact) mass is 733 g/mol. The van der Waals surface area contributed by atoms with Crippen LogP contribution in [-0.2, 0) is 0 Å². The third-order valence-corrected chi connectivity index (χ3v) is 10.4. The summed E-state index contributed by atoms with van der Waals surface area (Å²) in [6, 6.07) is 57.5. The standard InChI is InChI=1S/C56H39N/c1-3-13-40(14-4-1)47-20-11-21-48(37-47)42-27-32-51(33-28-42)57(53-23-12-22-49(39-53)50-26-25-41-15-7-8-19-46(41)38-50)52-34-29-44(30-35-52)55-36-31-43-16-9-10-24-54(43)56(55)45-17-5-2-6-18-45/h1-39H/i12D,22D,23D,27D,28D,32D,33D,39D. The van der Waals surface area contributed by atoms with Crippen molar-refractivity contribution in [2.24, 2.45) is 0 Å². The van der Waals surface area contributed by atoms with Crippen LogP contribution in [0.4, 0.5) is 17.1 Å². The second-order valence-electron chi connectivity index (χ2n) is 13.9. The summed E-state index contributed by atoms with van der Waals surface area (Å²) < 4.78 is 75.8. The maximum Gasteiger partial charge on any atom is 0.0651 e. The van der Waals surface area contributed by atoms with Crippen LogP contribution < -0.4 is 4.90 Å². The molecule has 0 aliphatic carbocycles. The second-order valence-corrected chi connectivity index (χ2v) is 13.9. The van der Waals surface area contributed by atoms with Crippen LogP contribution >= 0.6 is 0 Å². The number of benzene rings is 10. The Hall–Kier alpha value is -7.48. The number of anilines is 3. The number of fused-ring (bicyclic) bond motifs is 2. The van der Waals surface area contributed by atoms with Gasteiger partial charge in [0.25, 0.3) is 0 Å². The summed E-state index contributed by atoms with van der Waals surface area (Å²) in [6.07, 6.45) is 0. The van der Waals surface area contributed by atoms with Gasteiger partial charge in [-0.3, -0.25) is 0 Å². The summed E-state index contributed by atoms with van der Waals surface area (Å²) in [6.45, 7) is 0. The highest BCUT2D eigenvalue weighted by Crippen LogP contribution is 2.42. The zero-order chi connectivity index (χ0) is 44.9. The minimum absolute atomic E-state index is 0.110. The number of nitrogens with zero attached hydrogens (tertiary/aromatic N) is 1. The first kappa shape index (κ1) is 26.3. The van der Waals surface area contributed by atoms with Crippen LogP contribution in [0.3, 0.4) is 0 Å². The van der Waals surface area contributed by atoms with Crippen LogP contribution in [0.1, 0.15) is 11.0 Å². The van der Waals surface area contributed by atoms with Crippen LogP contribution in [-0.4, -0.2) is 0 Å². The molecule has 0 fully saturated rings. The van der Waals surface area contributed by atoms with Crippen molar-refractivity contribution < 1.29 is 11.0 Å². The van der Waals surface area contributed by atoms with E-state index in [2.05, 4.69) is 36.4 Å². The Morgan fingerprint density at radius 1 is 0.316 bits per heavy atom. The fourth-order valence-corrected chi connectivity index (χ4v) is 7.57. The van der Waals surface area contributed by atoms with Gasteiger partial charge in [0, 0.05) is 17.1 Å². The van der Waals surface area contributed by atoms with E-state index in [1.807, 2.05) is 127 Å². The van der Waals surface area contributed by atoms with Crippen LogP contribution in [0.15, 0.2) is 236 Å². The minimum atomic E-state index is -0.453. The summed E-state index contributed by atoms with van der Waals surface area (Å²) >= 11 is 0. The molecule has 0 saturated carbocycles. The molecule has 0 heterocycles. The molecule has 0 amide bonds. The number of rotatable bonds is 8. The molecule has 0 bridgehead atoms. The van der Waals surface area contributed by atoms with E-state index in [0.717, 1.165) is 54.9 Å². The van der Waals surface area contributed by atoms with Crippen LogP contribution in [0.25, 0.3) is 77.2 Å². The fourth-order valence-electron chi connectivity index (χ4n) is 7.57. The summed E-state index contributed by atoms with van der Waals surface area (Å²) in [5, 5.41) is 4.00. The molecule has 0 saturated heterocycles. The maximum absolute atomic E-state index is 9.83. The molecule has 0 radical (unpaired) electrons. The van der Waals surface area contributed by atoms with E-state index in [1.54, 1.807) is 24.3 Å². The smallest absolute Gasteiger partial charge is 0.0651 e. The lowest BCUT2D eigenvalue weighted by atomic mass is 9.90. The van der Waals surface area contributed by atoms with E-state index in [0.29, 0.717) is 16.8 Å². The molecule has 10 aromatic rings. The molecular weight excluding hydrogens is 687 g/mol. The number of hydrogen-bond donors (Lipinski definition) is 0. The second kappa shape index (κ2) is 15.0. The Balaban J connectivity index is 1.20. The molecule has 0 unspecified atom stereocenters. The summed E-state index contributed by atoms with van der Waals surface area (Å²) in [4.78, 5) is 1.40. The Kier molecular flexibility index (Phi) is 6.92. The predicted molar refractivity (Wildman–Crippen MR) is 243 cm³/mol. The SMILES string of the molecule is [2H]c1c([2H])c(-c2ccc3ccccc3c2)c([2H])c(N(c2ccc(-c3ccc4ccccc4c3-c3ccccc3)cc2)c2c([2H])c([2H])c(-c3cccc(-c4ccccc4)c3)c([2H])c2[2H])c1[2H]. The lowest BCUT2D eigenvalue weighted by Gasteiger charge is -2.26. The average molecular weight is 734 g/mol. The molecule has 0 aliphatic heterocycles. The molecule has 1 heteroatoms. The Morgan fingerprint density at radius 3 is 1.68 bits per heavy atom. The molecule has 0 aliphatic rings. The fraction of sp³-hybridized carbons (Fsp3) is 0. The van der Waals surface area contributed by atoms with Crippen LogP contribution in [0.2, 0.25) is 0 Å². The first-order valence-electron chi connectivity index (χ1n) is 22.9. The highest BCUT2D eigenvalue weighted by molar-refractivity contribution is 6.04. The maximum atomic E-state index is 9.83. The summed E-state index contributed by atoms with van der Waals surface area (Å²) in [5.74, 6) is 0. The quantitative estimate of drug-likeness (QED) is 0.150. The third kappa shape index (κ3) is 6.77. The first-order valence-corrected chi connectivity index (χ1v) is 18.9. The van der Waals surface area contributed by atoms with Crippen LogP contribution in [0, 0.1) is 0 Å². The first-order chi connectivity index (χ1) is 31.6. The average Bonchev–Trinajstić information content (AvgIpc) is 3.35. The van der Waals surface area contributed by atoms with Crippen molar-refractivity contribution in [1.29, 1.82) is 0 Å². The van der Waals surface area contributed by atoms with E-state index < -0.39 is 12.1 Å². The molecule has 10 aromatic carbocycles. The van der Waals surface area contributed by atoms with E-state index in [-0.39, 0.29) is 58.8 Å². The predicted octanol–water partition coefficient (Wildman–Crippen LogP) is 15.8. The van der Waals surface area contributed by atoms with Crippen molar-refractivity contribution in [3.63, 3.8) is 0 Å². The van der Waals surface area contributed by atoms with Gasteiger partial charge >= 0.3 is 0 Å². The van der Waals surface area contributed by atoms with Gasteiger partial charge in [-0.1, -0.05) is 188 Å². The van der Waals surface area contributed by atoms with E-state index in [9.17, 15) is 8.22 Å². The van der Waals surface area contributed by atoms with Crippen LogP contribution in [0.5, 0.6) is 0 Å². The third-order valence-electron chi connectivity index (χ3n) is 10.4. The molecule has 0 N–H and O–H groups in total. The molecule has 0 aromatic heterocycles. The summed E-state index contributed by atoms with van der Waals surface area (Å²) in [5.41, 5.74) is 6.95. The minimum Gasteiger partial charge on any atom is -0.310 e. The molecule has 57 heavy (non-hydrogen) atoms.